The number of hydrogen-bond donors (Lipinski definition) is 2. The number of anilines is 1. The quantitative estimate of drug-likeness (QED) is 0.614. The van der Waals surface area contributed by atoms with Gasteiger partial charge in [-0.25, -0.2) is 8.42 Å². The number of nitrogens with one attached hydrogen (secondary N) is 2. The Morgan fingerprint density at radius 3 is 2.65 bits per heavy atom. The van der Waals surface area contributed by atoms with Crippen LogP contribution >= 0.6 is 0 Å². The van der Waals surface area contributed by atoms with E-state index in [2.05, 4.69) is 29.8 Å². The van der Waals surface area contributed by atoms with Crippen molar-refractivity contribution < 1.29 is 13.2 Å². The Morgan fingerprint density at radius 2 is 1.97 bits per heavy atom. The first-order valence-corrected chi connectivity index (χ1v) is 12.4. The van der Waals surface area contributed by atoms with E-state index in [1.807, 2.05) is 30.3 Å². The molecule has 2 aliphatic rings. The number of fused-ring (bicyclic) bond motifs is 4. The standard InChI is InChI=1S/C24H25N3O3S/c1-24(2)19-11-15(27-9-8-16(13-27)31(3,29)30)5-7-17(19)22(28)21-18-6-4-14(12-25)10-20(18)26-23(21)24/h4-7,10-12,16,25-26H,8-9,13H2,1-3H3. The summed E-state index contributed by atoms with van der Waals surface area (Å²) >= 11 is 0. The van der Waals surface area contributed by atoms with E-state index in [0.29, 0.717) is 30.6 Å². The second-order valence-corrected chi connectivity index (χ2v) is 11.5. The van der Waals surface area contributed by atoms with Crippen molar-refractivity contribution in [2.24, 2.45) is 0 Å². The van der Waals surface area contributed by atoms with E-state index < -0.39 is 15.3 Å². The smallest absolute Gasteiger partial charge is 0.195 e. The number of H-pyrrole nitrogens is 1. The number of ketones is 1. The summed E-state index contributed by atoms with van der Waals surface area (Å²) in [6, 6.07) is 11.5. The third-order valence-corrected chi connectivity index (χ3v) is 8.47. The topological polar surface area (TPSA) is 94.1 Å². The molecule has 5 rings (SSSR count). The van der Waals surface area contributed by atoms with E-state index in [1.165, 1.54) is 12.5 Å². The van der Waals surface area contributed by atoms with Gasteiger partial charge in [0.15, 0.2) is 15.6 Å². The highest BCUT2D eigenvalue weighted by Gasteiger charge is 2.40. The molecule has 2 aromatic carbocycles. The predicted molar refractivity (Wildman–Crippen MR) is 124 cm³/mol. The fraction of sp³-hybridized carbons (Fsp3) is 0.333. The van der Waals surface area contributed by atoms with Gasteiger partial charge in [-0.2, -0.15) is 0 Å². The van der Waals surface area contributed by atoms with Crippen LogP contribution in [0.4, 0.5) is 5.69 Å². The molecule has 7 heteroatoms. The first-order chi connectivity index (χ1) is 14.6. The van der Waals surface area contributed by atoms with Crippen molar-refractivity contribution in [2.75, 3.05) is 24.2 Å². The summed E-state index contributed by atoms with van der Waals surface area (Å²) in [6.07, 6.45) is 3.23. The molecule has 0 bridgehead atoms. The van der Waals surface area contributed by atoms with Crippen molar-refractivity contribution in [1.82, 2.24) is 4.98 Å². The van der Waals surface area contributed by atoms with Crippen LogP contribution in [-0.4, -0.2) is 50.0 Å². The molecule has 1 atom stereocenters. The van der Waals surface area contributed by atoms with Crippen molar-refractivity contribution in [3.05, 3.63) is 64.3 Å². The van der Waals surface area contributed by atoms with Crippen LogP contribution in [0.1, 0.15) is 53.0 Å². The first-order valence-electron chi connectivity index (χ1n) is 10.4. The molecule has 0 saturated carbocycles. The number of benzene rings is 2. The summed E-state index contributed by atoms with van der Waals surface area (Å²) in [5.41, 5.74) is 5.40. The summed E-state index contributed by atoms with van der Waals surface area (Å²) in [7, 11) is -3.07. The average Bonchev–Trinajstić information content (AvgIpc) is 3.37. The van der Waals surface area contributed by atoms with Crippen molar-refractivity contribution in [3.63, 3.8) is 0 Å². The second kappa shape index (κ2) is 6.53. The molecule has 31 heavy (non-hydrogen) atoms. The fourth-order valence-corrected chi connectivity index (χ4v) is 6.02. The molecule has 0 amide bonds. The van der Waals surface area contributed by atoms with Gasteiger partial charge < -0.3 is 15.3 Å². The van der Waals surface area contributed by atoms with Crippen molar-refractivity contribution >= 4 is 38.4 Å². The van der Waals surface area contributed by atoms with Gasteiger partial charge in [-0.05, 0) is 41.8 Å². The second-order valence-electron chi connectivity index (χ2n) is 9.19. The minimum atomic E-state index is -3.07. The van der Waals surface area contributed by atoms with Crippen molar-refractivity contribution in [3.8, 4) is 0 Å². The Balaban J connectivity index is 1.61. The van der Waals surface area contributed by atoms with E-state index >= 15 is 0 Å². The molecule has 2 N–H and O–H groups in total. The third kappa shape index (κ3) is 2.94. The molecule has 3 aromatic rings. The zero-order valence-corrected chi connectivity index (χ0v) is 18.6. The summed E-state index contributed by atoms with van der Waals surface area (Å²) in [4.78, 5) is 19.0. The summed E-state index contributed by atoms with van der Waals surface area (Å²) in [5, 5.41) is 8.05. The van der Waals surface area contributed by atoms with Crippen LogP contribution in [0, 0.1) is 5.41 Å². The first kappa shape index (κ1) is 20.0. The molecule has 160 valence electrons. The van der Waals surface area contributed by atoms with E-state index in [9.17, 15) is 13.2 Å². The van der Waals surface area contributed by atoms with Crippen LogP contribution in [0.5, 0.6) is 0 Å². The molecule has 0 spiro atoms. The van der Waals surface area contributed by atoms with Gasteiger partial charge in [0.2, 0.25) is 0 Å². The number of hydrogen-bond acceptors (Lipinski definition) is 5. The summed E-state index contributed by atoms with van der Waals surface area (Å²) in [6.45, 7) is 5.39. The fourth-order valence-electron chi connectivity index (χ4n) is 5.04. The van der Waals surface area contributed by atoms with Gasteiger partial charge >= 0.3 is 0 Å². The molecule has 2 heterocycles. The Labute approximate surface area is 181 Å². The molecule has 1 saturated heterocycles. The lowest BCUT2D eigenvalue weighted by atomic mass is 9.71. The van der Waals surface area contributed by atoms with Crippen LogP contribution in [0.15, 0.2) is 36.4 Å². The number of sulfone groups is 1. The third-order valence-electron chi connectivity index (χ3n) is 6.88. The SMILES string of the molecule is CC1(C)c2cc(N3CCC(S(C)(=O)=O)C3)ccc2C(=O)c2c1[nH]c1cc(C=N)ccc21. The van der Waals surface area contributed by atoms with Gasteiger partial charge in [-0.3, -0.25) is 4.79 Å². The Bertz CT molecular complexity index is 1370. The number of aromatic amines is 1. The number of nitrogens with zero attached hydrogens (tertiary/aromatic N) is 1. The molecular weight excluding hydrogens is 410 g/mol. The monoisotopic (exact) mass is 435 g/mol. The molecular formula is C24H25N3O3S. The van der Waals surface area contributed by atoms with Crippen LogP contribution < -0.4 is 4.90 Å². The molecule has 1 aliphatic carbocycles. The number of carbonyl (C=O) groups excluding carboxylic acids is 1. The Morgan fingerprint density at radius 1 is 1.19 bits per heavy atom. The lowest BCUT2D eigenvalue weighted by Crippen LogP contribution is -2.31. The average molecular weight is 436 g/mol. The largest absolute Gasteiger partial charge is 0.370 e. The molecule has 1 aromatic heterocycles. The number of carbonyl (C=O) groups is 1. The molecule has 1 unspecified atom stereocenters. The Hall–Kier alpha value is -2.93. The highest BCUT2D eigenvalue weighted by atomic mass is 32.2. The minimum Gasteiger partial charge on any atom is -0.370 e. The van der Waals surface area contributed by atoms with Crippen molar-refractivity contribution in [2.45, 2.75) is 30.9 Å². The van der Waals surface area contributed by atoms with E-state index in [1.54, 1.807) is 0 Å². The maximum Gasteiger partial charge on any atom is 0.195 e. The molecule has 1 fully saturated rings. The van der Waals surface area contributed by atoms with Crippen LogP contribution in [0.2, 0.25) is 0 Å². The zero-order chi connectivity index (χ0) is 22.1. The van der Waals surface area contributed by atoms with E-state index in [4.69, 9.17) is 5.41 Å². The van der Waals surface area contributed by atoms with Gasteiger partial charge in [0.1, 0.15) is 0 Å². The number of rotatable bonds is 3. The normalized spacial score (nSPS) is 20.0. The van der Waals surface area contributed by atoms with Gasteiger partial charge in [0.25, 0.3) is 0 Å². The lowest BCUT2D eigenvalue weighted by molar-refractivity contribution is 0.103. The molecule has 0 radical (unpaired) electrons. The zero-order valence-electron chi connectivity index (χ0n) is 17.8. The predicted octanol–water partition coefficient (Wildman–Crippen LogP) is 3.66. The van der Waals surface area contributed by atoms with Crippen molar-refractivity contribution in [1.29, 1.82) is 5.41 Å². The van der Waals surface area contributed by atoms with Gasteiger partial charge in [0.05, 0.1) is 10.8 Å². The summed E-state index contributed by atoms with van der Waals surface area (Å²) < 4.78 is 23.9. The molecule has 6 nitrogen and oxygen atoms in total. The van der Waals surface area contributed by atoms with Crippen LogP contribution in [-0.2, 0) is 15.3 Å². The summed E-state index contributed by atoms with van der Waals surface area (Å²) in [5.74, 6) is 0.000150. The highest BCUT2D eigenvalue weighted by molar-refractivity contribution is 7.91. The highest BCUT2D eigenvalue weighted by Crippen LogP contribution is 2.45. The van der Waals surface area contributed by atoms with Crippen LogP contribution in [0.25, 0.3) is 10.9 Å². The Kier molecular flexibility index (Phi) is 4.21. The molecule has 1 aliphatic heterocycles. The van der Waals surface area contributed by atoms with Crippen LogP contribution in [0.3, 0.4) is 0 Å². The maximum absolute atomic E-state index is 13.5. The van der Waals surface area contributed by atoms with Gasteiger partial charge in [-0.15, -0.1) is 0 Å². The van der Waals surface area contributed by atoms with Gasteiger partial charge in [-0.1, -0.05) is 26.0 Å². The van der Waals surface area contributed by atoms with E-state index in [-0.39, 0.29) is 11.0 Å². The van der Waals surface area contributed by atoms with Gasteiger partial charge in [0, 0.05) is 58.8 Å². The maximum atomic E-state index is 13.5. The number of aromatic nitrogens is 1. The van der Waals surface area contributed by atoms with E-state index in [0.717, 1.165) is 33.4 Å². The lowest BCUT2D eigenvalue weighted by Gasteiger charge is -2.33. The minimum absolute atomic E-state index is 0.000150.